The van der Waals surface area contributed by atoms with E-state index in [1.165, 1.54) is 128 Å². The number of esters is 8. The lowest BCUT2D eigenvalue weighted by Crippen LogP contribution is -2.37. The van der Waals surface area contributed by atoms with Crippen LogP contribution < -0.4 is 11.5 Å². The number of ketones is 4. The molecule has 608 valence electrons. The highest BCUT2D eigenvalue weighted by molar-refractivity contribution is 7.08. The summed E-state index contributed by atoms with van der Waals surface area (Å²) >= 11 is 1.46. The number of nitrogens with two attached hydrogens (primary N) is 2. The number of nitrogens with zero attached hydrogens (tertiary/aromatic N) is 12. The Bertz CT molecular complexity index is 5400. The van der Waals surface area contributed by atoms with E-state index in [9.17, 15) is 75.1 Å². The van der Waals surface area contributed by atoms with Crippen molar-refractivity contribution < 1.29 is 132 Å². The second-order valence-corrected chi connectivity index (χ2v) is 26.0. The molecule has 0 fully saturated rings. The van der Waals surface area contributed by atoms with Gasteiger partial charge in [-0.25, -0.2) is 56.3 Å². The zero-order chi connectivity index (χ0) is 84.5. The van der Waals surface area contributed by atoms with Crippen LogP contribution in [-0.2, 0) is 93.5 Å². The fraction of sp³-hybridized carbons (Fsp3) is 0.278. The molecule has 0 aliphatic carbocycles. The van der Waals surface area contributed by atoms with Crippen molar-refractivity contribution in [3.63, 3.8) is 0 Å². The number of benzene rings is 4. The number of fused-ring (bicyclic) bond motifs is 4. The Kier molecular flexibility index (Phi) is 28.9. The summed E-state index contributed by atoms with van der Waals surface area (Å²) in [6, 6.07) is 13.9. The van der Waals surface area contributed by atoms with Gasteiger partial charge < -0.3 is 86.2 Å². The monoisotopic (exact) mass is 1650 g/mol. The first-order valence-corrected chi connectivity index (χ1v) is 35.0. The Morgan fingerprint density at radius 2 is 0.681 bits per heavy atom. The molecule has 2 unspecified atom stereocenters. The highest BCUT2D eigenvalue weighted by atomic mass is 32.1. The molecule has 0 aliphatic rings. The molecule has 0 spiro atoms. The molecule has 38 nitrogen and oxygen atoms in total. The largest absolute Gasteiger partial charge is 0.467 e. The van der Waals surface area contributed by atoms with E-state index in [0.29, 0.717) is 32.8 Å². The standard InChI is InChI=1S/C19H19FN4O6.C19H19FN4O5S.C17H14FN3O7.C17H14FN3O6S/c2*1-9(2)14(21)18(26)29-8-24-7-12(11-6-10(20)4-5-13(11)24)15(25)17-22-16(23-30-17)19(27)28-3;2*1-25-13(22)7-27-8-21-6-11(10-5-9(18)3-4-12(10)21)14(23)16-19-15(20-28-16)17(24)26-2/h2*4-7,9,14H,8,21H2,1-3H3;2*3-6H,7-8H2,1-2H3. The normalized spacial score (nSPS) is 11.5. The van der Waals surface area contributed by atoms with Crippen LogP contribution in [0, 0.1) is 35.1 Å². The SMILES string of the molecule is COC(=O)COCn1cc(C(=O)c2nc(C(=O)OC)no2)c2cc(F)ccc21.COC(=O)COCn1cc(C(=O)c2nc(C(=O)OC)ns2)c2cc(F)ccc21.COC(=O)c1noc(C(=O)c2cn(COC(=O)C(N)C(C)C)c3ccc(F)cc23)n1.COC(=O)c1nsc(C(=O)c2cn(COC(=O)C(N)C(C)C)c3ccc(F)cc23)n1. The van der Waals surface area contributed by atoms with Gasteiger partial charge in [0.2, 0.25) is 11.6 Å². The molecule has 4 aromatic carbocycles. The van der Waals surface area contributed by atoms with E-state index in [1.807, 2.05) is 0 Å². The number of hydrogen-bond donors (Lipinski definition) is 2. The van der Waals surface area contributed by atoms with Gasteiger partial charge in [-0.3, -0.25) is 28.8 Å². The average Bonchev–Trinajstić information content (AvgIpc) is 1.65. The second-order valence-electron chi connectivity index (χ2n) is 24.5. The van der Waals surface area contributed by atoms with Crippen molar-refractivity contribution in [1.82, 2.24) is 57.3 Å². The summed E-state index contributed by atoms with van der Waals surface area (Å²) in [5, 5.41) is 7.81. The van der Waals surface area contributed by atoms with Crippen molar-refractivity contribution in [3.8, 4) is 0 Å². The summed E-state index contributed by atoms with van der Waals surface area (Å²) in [5.74, 6) is -12.8. The molecule has 4 N–H and O–H groups in total. The molecule has 0 saturated carbocycles. The Morgan fingerprint density at radius 1 is 0.397 bits per heavy atom. The third kappa shape index (κ3) is 20.4. The first kappa shape index (κ1) is 86.4. The zero-order valence-electron chi connectivity index (χ0n) is 62.4. The molecule has 0 radical (unpaired) electrons. The van der Waals surface area contributed by atoms with Crippen molar-refractivity contribution >= 4 is 138 Å². The lowest BCUT2D eigenvalue weighted by Gasteiger charge is -2.15. The first-order chi connectivity index (χ1) is 55.3. The van der Waals surface area contributed by atoms with Crippen LogP contribution >= 0.6 is 23.1 Å². The number of ether oxygens (including phenoxy) is 10. The fourth-order valence-corrected chi connectivity index (χ4v) is 11.4. The molecular formula is C72H66F4N14O24S2. The van der Waals surface area contributed by atoms with Gasteiger partial charge in [0.1, 0.15) is 62.0 Å². The van der Waals surface area contributed by atoms with Gasteiger partial charge in [-0.05, 0) is 118 Å². The van der Waals surface area contributed by atoms with E-state index in [-0.39, 0.29) is 107 Å². The van der Waals surface area contributed by atoms with Crippen LogP contribution in [0.1, 0.15) is 133 Å². The molecule has 12 aromatic rings. The molecular weight excluding hydrogens is 1580 g/mol. The number of carbonyl (C=O) groups excluding carboxylic acids is 12. The number of rotatable bonds is 28. The third-order valence-corrected chi connectivity index (χ3v) is 17.8. The van der Waals surface area contributed by atoms with Gasteiger partial charge in [-0.1, -0.05) is 27.7 Å². The number of carbonyl (C=O) groups is 12. The van der Waals surface area contributed by atoms with E-state index in [1.54, 1.807) is 32.3 Å². The van der Waals surface area contributed by atoms with Gasteiger partial charge in [0, 0.05) is 46.3 Å². The maximum atomic E-state index is 13.8. The van der Waals surface area contributed by atoms with Crippen LogP contribution in [0.15, 0.2) is 107 Å². The van der Waals surface area contributed by atoms with Crippen LogP contribution in [0.5, 0.6) is 0 Å². The van der Waals surface area contributed by atoms with Crippen LogP contribution in [-0.4, -0.2) is 196 Å². The van der Waals surface area contributed by atoms with Crippen molar-refractivity contribution in [2.24, 2.45) is 23.3 Å². The van der Waals surface area contributed by atoms with Crippen molar-refractivity contribution in [3.05, 3.63) is 188 Å². The zero-order valence-corrected chi connectivity index (χ0v) is 64.1. The lowest BCUT2D eigenvalue weighted by molar-refractivity contribution is -0.150. The molecule has 116 heavy (non-hydrogen) atoms. The number of halogens is 4. The van der Waals surface area contributed by atoms with Gasteiger partial charge in [0.05, 0.1) is 87.0 Å². The minimum Gasteiger partial charge on any atom is -0.467 e. The quantitative estimate of drug-likeness (QED) is 0.0217. The van der Waals surface area contributed by atoms with Gasteiger partial charge in [0.25, 0.3) is 46.6 Å². The maximum Gasteiger partial charge on any atom is 0.379 e. The van der Waals surface area contributed by atoms with Crippen LogP contribution in [0.3, 0.4) is 0 Å². The molecule has 0 aliphatic heterocycles. The van der Waals surface area contributed by atoms with E-state index >= 15 is 0 Å². The summed E-state index contributed by atoms with van der Waals surface area (Å²) in [6.45, 7) is 5.96. The first-order valence-electron chi connectivity index (χ1n) is 33.5. The molecule has 44 heteroatoms. The molecule has 8 heterocycles. The van der Waals surface area contributed by atoms with Gasteiger partial charge in [-0.2, -0.15) is 18.7 Å². The highest BCUT2D eigenvalue weighted by Crippen LogP contribution is 2.31. The summed E-state index contributed by atoms with van der Waals surface area (Å²) in [7, 11) is 7.07. The average molecular weight is 1650 g/mol. The molecule has 2 atom stereocenters. The molecule has 8 aromatic heterocycles. The topological polar surface area (TPSA) is 498 Å². The highest BCUT2D eigenvalue weighted by Gasteiger charge is 2.31. The van der Waals surface area contributed by atoms with Crippen LogP contribution in [0.2, 0.25) is 0 Å². The second kappa shape index (κ2) is 38.8. The Balaban J connectivity index is 0.000000177. The Morgan fingerprint density at radius 3 is 0.966 bits per heavy atom. The molecule has 0 bridgehead atoms. The predicted molar refractivity (Wildman–Crippen MR) is 389 cm³/mol. The number of methoxy groups -OCH3 is 6. The molecule has 0 amide bonds. The molecule has 0 saturated heterocycles. The minimum atomic E-state index is -0.875. The number of aromatic nitrogens is 12. The van der Waals surface area contributed by atoms with Gasteiger partial charge in [-0.15, -0.1) is 0 Å². The van der Waals surface area contributed by atoms with Crippen molar-refractivity contribution in [1.29, 1.82) is 0 Å². The van der Waals surface area contributed by atoms with Crippen molar-refractivity contribution in [2.75, 3.05) is 55.9 Å². The van der Waals surface area contributed by atoms with Crippen LogP contribution in [0.4, 0.5) is 17.6 Å². The van der Waals surface area contributed by atoms with E-state index < -0.39 is 130 Å². The third-order valence-electron chi connectivity index (χ3n) is 16.3. The van der Waals surface area contributed by atoms with Crippen LogP contribution in [0.25, 0.3) is 43.6 Å². The lowest BCUT2D eigenvalue weighted by atomic mass is 10.1. The Labute approximate surface area is 657 Å². The predicted octanol–water partition coefficient (Wildman–Crippen LogP) is 6.92. The van der Waals surface area contributed by atoms with E-state index in [4.69, 9.17) is 39.5 Å². The summed E-state index contributed by atoms with van der Waals surface area (Å²) in [6.07, 6.45) is 5.65. The Hall–Kier alpha value is -13.6. The summed E-state index contributed by atoms with van der Waals surface area (Å²) in [5.41, 5.74) is 13.8. The fourth-order valence-electron chi connectivity index (χ4n) is 10.2. The number of hydrogen-bond acceptors (Lipinski definition) is 36. The minimum absolute atomic E-state index is 0.0220. The smallest absolute Gasteiger partial charge is 0.379 e. The summed E-state index contributed by atoms with van der Waals surface area (Å²) in [4.78, 5) is 159. The van der Waals surface area contributed by atoms with Gasteiger partial charge in [0.15, 0.2) is 23.5 Å². The maximum absolute atomic E-state index is 13.8. The summed E-state index contributed by atoms with van der Waals surface area (Å²) < 4.78 is 126. The van der Waals surface area contributed by atoms with E-state index in [0.717, 1.165) is 49.4 Å². The van der Waals surface area contributed by atoms with E-state index in [2.05, 4.69) is 67.4 Å². The molecule has 12 rings (SSSR count). The van der Waals surface area contributed by atoms with Crippen molar-refractivity contribution in [2.45, 2.75) is 66.7 Å². The van der Waals surface area contributed by atoms with Gasteiger partial charge >= 0.3 is 47.8 Å².